The van der Waals surface area contributed by atoms with Crippen molar-refractivity contribution in [1.82, 2.24) is 0 Å². The molecular weight excluding hydrogens is 294 g/mol. The Morgan fingerprint density at radius 2 is 1.75 bits per heavy atom. The van der Waals surface area contributed by atoms with Gasteiger partial charge in [0.2, 0.25) is 0 Å². The van der Waals surface area contributed by atoms with Crippen LogP contribution >= 0.6 is 31.9 Å². The minimum atomic E-state index is -0.447. The van der Waals surface area contributed by atoms with Gasteiger partial charge in [-0.15, -0.1) is 0 Å². The normalized spacial score (nSPS) is 13.1. The summed E-state index contributed by atoms with van der Waals surface area (Å²) in [5, 5.41) is 0. The standard InChI is InChI=1S/C8H6Br2F2/c1-4(9)7-5(11)2-3-6(12)8(7)10/h2-4H,1H3. The highest BCUT2D eigenvalue weighted by atomic mass is 79.9. The number of alkyl halides is 1. The Kier molecular flexibility index (Phi) is 3.23. The van der Waals surface area contributed by atoms with Gasteiger partial charge in [0.1, 0.15) is 11.6 Å². The van der Waals surface area contributed by atoms with Crippen LogP contribution in [0.15, 0.2) is 16.6 Å². The molecule has 0 saturated heterocycles. The molecule has 0 nitrogen and oxygen atoms in total. The quantitative estimate of drug-likeness (QED) is 0.539. The lowest BCUT2D eigenvalue weighted by Crippen LogP contribution is -1.94. The van der Waals surface area contributed by atoms with Gasteiger partial charge in [-0.05, 0) is 35.0 Å². The summed E-state index contributed by atoms with van der Waals surface area (Å²) in [4.78, 5) is -0.206. The fourth-order valence-electron chi connectivity index (χ4n) is 0.907. The van der Waals surface area contributed by atoms with Gasteiger partial charge >= 0.3 is 0 Å². The van der Waals surface area contributed by atoms with Crippen molar-refractivity contribution in [2.45, 2.75) is 11.8 Å². The van der Waals surface area contributed by atoms with Gasteiger partial charge in [0, 0.05) is 10.4 Å². The fraction of sp³-hybridized carbons (Fsp3) is 0.250. The smallest absolute Gasteiger partial charge is 0.137 e. The first-order chi connectivity index (χ1) is 5.54. The predicted molar refractivity (Wildman–Crippen MR) is 51.4 cm³/mol. The second-order valence-corrected chi connectivity index (χ2v) is 4.54. The molecule has 0 amide bonds. The second kappa shape index (κ2) is 3.83. The average Bonchev–Trinajstić information content (AvgIpc) is 1.97. The third-order valence-corrected chi connectivity index (χ3v) is 2.74. The van der Waals surface area contributed by atoms with E-state index in [1.807, 2.05) is 0 Å². The van der Waals surface area contributed by atoms with Crippen molar-refractivity contribution in [3.05, 3.63) is 33.8 Å². The van der Waals surface area contributed by atoms with Crippen molar-refractivity contribution < 1.29 is 8.78 Å². The van der Waals surface area contributed by atoms with Crippen LogP contribution in [-0.2, 0) is 0 Å². The van der Waals surface area contributed by atoms with Crippen LogP contribution in [0.1, 0.15) is 17.3 Å². The Morgan fingerprint density at radius 1 is 1.25 bits per heavy atom. The molecular formula is C8H6Br2F2. The largest absolute Gasteiger partial charge is 0.207 e. The molecule has 0 saturated carbocycles. The van der Waals surface area contributed by atoms with Crippen molar-refractivity contribution in [2.24, 2.45) is 0 Å². The second-order valence-electron chi connectivity index (χ2n) is 2.37. The molecule has 0 aromatic heterocycles. The summed E-state index contributed by atoms with van der Waals surface area (Å²) < 4.78 is 26.1. The van der Waals surface area contributed by atoms with Crippen LogP contribution in [0.25, 0.3) is 0 Å². The van der Waals surface area contributed by atoms with Gasteiger partial charge in [-0.2, -0.15) is 0 Å². The van der Waals surface area contributed by atoms with E-state index in [1.165, 1.54) is 0 Å². The lowest BCUT2D eigenvalue weighted by Gasteiger charge is -2.08. The summed E-state index contributed by atoms with van der Waals surface area (Å²) in [6, 6.07) is 2.21. The Labute approximate surface area is 86.2 Å². The van der Waals surface area contributed by atoms with Crippen molar-refractivity contribution >= 4 is 31.9 Å². The Hall–Kier alpha value is 0.0400. The molecule has 0 N–H and O–H groups in total. The monoisotopic (exact) mass is 298 g/mol. The molecule has 12 heavy (non-hydrogen) atoms. The van der Waals surface area contributed by atoms with E-state index in [1.54, 1.807) is 6.92 Å². The fourth-order valence-corrected chi connectivity index (χ4v) is 2.33. The third-order valence-electron chi connectivity index (χ3n) is 1.48. The number of rotatable bonds is 1. The number of hydrogen-bond acceptors (Lipinski definition) is 0. The van der Waals surface area contributed by atoms with Crippen molar-refractivity contribution in [2.75, 3.05) is 0 Å². The molecule has 0 fully saturated rings. The van der Waals surface area contributed by atoms with Crippen LogP contribution in [-0.4, -0.2) is 0 Å². The van der Waals surface area contributed by atoms with Crippen LogP contribution in [0.4, 0.5) is 8.78 Å². The van der Waals surface area contributed by atoms with Gasteiger partial charge in [-0.3, -0.25) is 0 Å². The van der Waals surface area contributed by atoms with Crippen LogP contribution in [0, 0.1) is 11.6 Å². The lowest BCUT2D eigenvalue weighted by atomic mass is 10.1. The van der Waals surface area contributed by atoms with Gasteiger partial charge in [0.05, 0.1) is 4.47 Å². The summed E-state index contributed by atoms with van der Waals surface area (Å²) >= 11 is 6.17. The van der Waals surface area contributed by atoms with E-state index in [9.17, 15) is 8.78 Å². The Balaban J connectivity index is 3.33. The highest BCUT2D eigenvalue weighted by Gasteiger charge is 2.14. The molecule has 0 radical (unpaired) electrons. The molecule has 0 heterocycles. The molecule has 1 rings (SSSR count). The molecule has 1 aromatic carbocycles. The molecule has 1 aromatic rings. The van der Waals surface area contributed by atoms with Gasteiger partial charge in [0.25, 0.3) is 0 Å². The van der Waals surface area contributed by atoms with E-state index in [-0.39, 0.29) is 9.30 Å². The lowest BCUT2D eigenvalue weighted by molar-refractivity contribution is 0.580. The summed E-state index contributed by atoms with van der Waals surface area (Å²) in [6.07, 6.45) is 0. The van der Waals surface area contributed by atoms with Gasteiger partial charge in [0.15, 0.2) is 0 Å². The third kappa shape index (κ3) is 1.85. The maximum atomic E-state index is 13.1. The highest BCUT2D eigenvalue weighted by Crippen LogP contribution is 2.32. The number of hydrogen-bond donors (Lipinski definition) is 0. The van der Waals surface area contributed by atoms with E-state index in [4.69, 9.17) is 0 Å². The SMILES string of the molecule is CC(Br)c1c(F)ccc(F)c1Br. The topological polar surface area (TPSA) is 0 Å². The van der Waals surface area contributed by atoms with Crippen LogP contribution < -0.4 is 0 Å². The first-order valence-electron chi connectivity index (χ1n) is 3.31. The first-order valence-corrected chi connectivity index (χ1v) is 5.02. The molecule has 0 aliphatic heterocycles. The minimum Gasteiger partial charge on any atom is -0.207 e. The summed E-state index contributed by atoms with van der Waals surface area (Å²) in [5.74, 6) is -0.856. The van der Waals surface area contributed by atoms with Crippen molar-refractivity contribution in [3.8, 4) is 0 Å². The molecule has 0 aliphatic rings. The zero-order valence-corrected chi connectivity index (χ0v) is 9.42. The molecule has 1 unspecified atom stereocenters. The van der Waals surface area contributed by atoms with Gasteiger partial charge in [-0.25, -0.2) is 8.78 Å². The molecule has 0 bridgehead atoms. The maximum absolute atomic E-state index is 13.1. The Bertz CT molecular complexity index is 297. The summed E-state index contributed by atoms with van der Waals surface area (Å²) in [5.41, 5.74) is 0.315. The first kappa shape index (κ1) is 10.1. The highest BCUT2D eigenvalue weighted by molar-refractivity contribution is 9.11. The van der Waals surface area contributed by atoms with Crippen LogP contribution in [0.3, 0.4) is 0 Å². The average molecular weight is 300 g/mol. The van der Waals surface area contributed by atoms with E-state index in [0.29, 0.717) is 5.56 Å². The number of benzene rings is 1. The van der Waals surface area contributed by atoms with Crippen LogP contribution in [0.2, 0.25) is 0 Å². The summed E-state index contributed by atoms with van der Waals surface area (Å²) in [6.45, 7) is 1.74. The van der Waals surface area contributed by atoms with Gasteiger partial charge in [-0.1, -0.05) is 15.9 Å². The van der Waals surface area contributed by atoms with E-state index >= 15 is 0 Å². The molecule has 1 atom stereocenters. The predicted octanol–water partition coefficient (Wildman–Crippen LogP) is 4.18. The van der Waals surface area contributed by atoms with E-state index in [2.05, 4.69) is 31.9 Å². The number of halogens is 4. The van der Waals surface area contributed by atoms with Crippen molar-refractivity contribution in [1.29, 1.82) is 0 Å². The maximum Gasteiger partial charge on any atom is 0.137 e. The Morgan fingerprint density at radius 3 is 2.17 bits per heavy atom. The molecule has 66 valence electrons. The minimum absolute atomic E-state index is 0.187. The van der Waals surface area contributed by atoms with Crippen molar-refractivity contribution in [3.63, 3.8) is 0 Å². The molecule has 4 heteroatoms. The van der Waals surface area contributed by atoms with Gasteiger partial charge < -0.3 is 0 Å². The van der Waals surface area contributed by atoms with Crippen LogP contribution in [0.5, 0.6) is 0 Å². The van der Waals surface area contributed by atoms with E-state index < -0.39 is 11.6 Å². The van der Waals surface area contributed by atoms with E-state index in [0.717, 1.165) is 12.1 Å². The zero-order valence-electron chi connectivity index (χ0n) is 6.24. The molecule has 0 aliphatic carbocycles. The zero-order chi connectivity index (χ0) is 9.30. The summed E-state index contributed by atoms with van der Waals surface area (Å²) in [7, 11) is 0. The molecule has 0 spiro atoms.